The van der Waals surface area contributed by atoms with Gasteiger partial charge in [0.05, 0.1) is 21.1 Å². The van der Waals surface area contributed by atoms with Crippen LogP contribution in [0.15, 0.2) is 97.1 Å². The highest BCUT2D eigenvalue weighted by Gasteiger charge is 2.33. The van der Waals surface area contributed by atoms with Gasteiger partial charge in [-0.15, -0.1) is 0 Å². The van der Waals surface area contributed by atoms with Crippen LogP contribution >= 0.6 is 0 Å². The van der Waals surface area contributed by atoms with Gasteiger partial charge < -0.3 is 9.59 Å². The Morgan fingerprint density at radius 1 is 0.667 bits per heavy atom. The third kappa shape index (κ3) is 4.16. The van der Waals surface area contributed by atoms with E-state index in [2.05, 4.69) is 57.5 Å². The normalized spacial score (nSPS) is 12.3. The van der Waals surface area contributed by atoms with Gasteiger partial charge in [-0.1, -0.05) is 97.1 Å². The molecule has 0 saturated heterocycles. The molecule has 0 radical (unpaired) electrons. The summed E-state index contributed by atoms with van der Waals surface area (Å²) in [5.41, 5.74) is 3.24. The average molecular weight is 397 g/mol. The summed E-state index contributed by atoms with van der Waals surface area (Å²) in [5.74, 6) is 0. The summed E-state index contributed by atoms with van der Waals surface area (Å²) in [7, 11) is 6.64. The second kappa shape index (κ2) is 8.06. The molecule has 2 nitrogen and oxygen atoms in total. The van der Waals surface area contributed by atoms with Crippen molar-refractivity contribution in [2.75, 3.05) is 21.1 Å². The second-order valence-electron chi connectivity index (χ2n) is 9.14. The molecule has 0 bridgehead atoms. The van der Waals surface area contributed by atoms with Gasteiger partial charge in [0, 0.05) is 12.0 Å². The van der Waals surface area contributed by atoms with E-state index in [9.17, 15) is 5.11 Å². The molecule has 30 heavy (non-hydrogen) atoms. The molecule has 0 unspecified atom stereocenters. The van der Waals surface area contributed by atoms with Crippen molar-refractivity contribution in [3.8, 4) is 0 Å². The smallest absolute Gasteiger partial charge is 0.119 e. The van der Waals surface area contributed by atoms with E-state index in [4.69, 9.17) is 0 Å². The Balaban J connectivity index is 1.89. The topological polar surface area (TPSA) is 20.2 Å². The fourth-order valence-electron chi connectivity index (χ4n) is 4.28. The fraction of sp³-hybridized carbons (Fsp3) is 0.214. The lowest BCUT2D eigenvalue weighted by Gasteiger charge is -2.32. The molecule has 4 rings (SSSR count). The van der Waals surface area contributed by atoms with Crippen molar-refractivity contribution in [2.24, 2.45) is 0 Å². The third-order valence-corrected chi connectivity index (χ3v) is 5.72. The molecule has 0 fully saturated rings. The Bertz CT molecular complexity index is 1090. The number of fused-ring (bicyclic) bond motifs is 1. The van der Waals surface area contributed by atoms with Crippen LogP contribution in [0.2, 0.25) is 0 Å². The Kier molecular flexibility index (Phi) is 5.46. The molecule has 4 aromatic carbocycles. The highest BCUT2D eigenvalue weighted by molar-refractivity contribution is 5.86. The minimum absolute atomic E-state index is 0.529. The van der Waals surface area contributed by atoms with Gasteiger partial charge in [-0.3, -0.25) is 0 Å². The standard InChI is InChI=1S/C28H30NO/c1-29(2,3)21-27-23(19-18-22-12-10-11-17-26(22)27)20-28(30,24-13-6-4-7-14-24)25-15-8-5-9-16-25/h4-19,30H,20-21H2,1-3H3/q+1. The number of rotatable bonds is 6. The predicted octanol–water partition coefficient (Wildman–Crippen LogP) is 5.52. The first kappa shape index (κ1) is 20.3. The minimum atomic E-state index is -1.09. The Morgan fingerprint density at radius 3 is 1.77 bits per heavy atom. The van der Waals surface area contributed by atoms with Crippen molar-refractivity contribution >= 4 is 10.8 Å². The van der Waals surface area contributed by atoms with Crippen molar-refractivity contribution in [2.45, 2.75) is 18.6 Å². The lowest BCUT2D eigenvalue weighted by Crippen LogP contribution is -2.35. The number of hydrogen-bond acceptors (Lipinski definition) is 1. The van der Waals surface area contributed by atoms with Crippen LogP contribution in [0, 0.1) is 0 Å². The molecule has 0 aliphatic heterocycles. The molecule has 0 heterocycles. The van der Waals surface area contributed by atoms with Crippen LogP contribution in [-0.2, 0) is 18.6 Å². The third-order valence-electron chi connectivity index (χ3n) is 5.72. The molecule has 2 heteroatoms. The van der Waals surface area contributed by atoms with Crippen LogP contribution in [0.3, 0.4) is 0 Å². The number of aliphatic hydroxyl groups is 1. The zero-order valence-corrected chi connectivity index (χ0v) is 18.0. The molecule has 0 atom stereocenters. The van der Waals surface area contributed by atoms with Gasteiger partial charge in [-0.2, -0.15) is 0 Å². The maximum atomic E-state index is 12.1. The lowest BCUT2D eigenvalue weighted by molar-refractivity contribution is -0.883. The Morgan fingerprint density at radius 2 is 1.20 bits per heavy atom. The number of nitrogens with zero attached hydrogens (tertiary/aromatic N) is 1. The van der Waals surface area contributed by atoms with Crippen LogP contribution in [0.5, 0.6) is 0 Å². The highest BCUT2D eigenvalue weighted by atomic mass is 16.3. The predicted molar refractivity (Wildman–Crippen MR) is 125 cm³/mol. The van der Waals surface area contributed by atoms with Gasteiger partial charge in [0.15, 0.2) is 0 Å². The number of benzene rings is 4. The monoisotopic (exact) mass is 396 g/mol. The van der Waals surface area contributed by atoms with Gasteiger partial charge in [0.25, 0.3) is 0 Å². The quantitative estimate of drug-likeness (QED) is 0.425. The Labute approximate surface area is 179 Å². The summed E-state index contributed by atoms with van der Waals surface area (Å²) in [6.45, 7) is 0.899. The van der Waals surface area contributed by atoms with Crippen molar-refractivity contribution in [1.82, 2.24) is 0 Å². The first-order chi connectivity index (χ1) is 14.4. The van der Waals surface area contributed by atoms with Gasteiger partial charge in [-0.25, -0.2) is 0 Å². The van der Waals surface area contributed by atoms with Crippen LogP contribution in [0.4, 0.5) is 0 Å². The Hall–Kier alpha value is -2.94. The van der Waals surface area contributed by atoms with Gasteiger partial charge >= 0.3 is 0 Å². The van der Waals surface area contributed by atoms with Crippen molar-refractivity contribution in [3.63, 3.8) is 0 Å². The van der Waals surface area contributed by atoms with E-state index in [0.717, 1.165) is 22.2 Å². The molecular weight excluding hydrogens is 366 g/mol. The molecule has 0 spiro atoms. The molecule has 4 aromatic rings. The molecular formula is C28H30NO+. The van der Waals surface area contributed by atoms with Crippen LogP contribution in [0.25, 0.3) is 10.8 Å². The molecule has 0 aromatic heterocycles. The van der Waals surface area contributed by atoms with E-state index in [1.165, 1.54) is 21.9 Å². The van der Waals surface area contributed by atoms with Gasteiger partial charge in [0.1, 0.15) is 12.1 Å². The van der Waals surface area contributed by atoms with Gasteiger partial charge in [-0.05, 0) is 27.5 Å². The summed E-state index contributed by atoms with van der Waals surface area (Å²) in [6, 6.07) is 33.0. The first-order valence-electron chi connectivity index (χ1n) is 10.5. The highest BCUT2D eigenvalue weighted by Crippen LogP contribution is 2.36. The van der Waals surface area contributed by atoms with E-state index < -0.39 is 5.60 Å². The van der Waals surface area contributed by atoms with E-state index in [1.807, 2.05) is 60.7 Å². The van der Waals surface area contributed by atoms with Crippen molar-refractivity contribution < 1.29 is 9.59 Å². The van der Waals surface area contributed by atoms with Crippen LogP contribution in [0.1, 0.15) is 22.3 Å². The number of quaternary nitrogens is 1. The lowest BCUT2D eigenvalue weighted by atomic mass is 9.79. The first-order valence-corrected chi connectivity index (χ1v) is 10.5. The zero-order valence-electron chi connectivity index (χ0n) is 18.0. The maximum Gasteiger partial charge on any atom is 0.119 e. The van der Waals surface area contributed by atoms with E-state index in [1.54, 1.807) is 0 Å². The van der Waals surface area contributed by atoms with Crippen molar-refractivity contribution in [3.05, 3.63) is 119 Å². The summed E-state index contributed by atoms with van der Waals surface area (Å²) in [5, 5.41) is 14.6. The van der Waals surface area contributed by atoms with Crippen LogP contribution < -0.4 is 0 Å². The van der Waals surface area contributed by atoms with Crippen molar-refractivity contribution in [1.29, 1.82) is 0 Å². The summed E-state index contributed by atoms with van der Waals surface area (Å²) >= 11 is 0. The largest absolute Gasteiger partial charge is 0.380 e. The molecule has 0 aliphatic rings. The number of hydrogen-bond donors (Lipinski definition) is 1. The molecule has 0 aliphatic carbocycles. The molecule has 1 N–H and O–H groups in total. The SMILES string of the molecule is C[N+](C)(C)Cc1c(CC(O)(c2ccccc2)c2ccccc2)ccc2ccccc12. The molecule has 0 saturated carbocycles. The van der Waals surface area contributed by atoms with E-state index in [-0.39, 0.29) is 0 Å². The summed E-state index contributed by atoms with van der Waals surface area (Å²) < 4.78 is 0.829. The van der Waals surface area contributed by atoms with E-state index >= 15 is 0 Å². The maximum absolute atomic E-state index is 12.1. The molecule has 0 amide bonds. The molecule has 152 valence electrons. The van der Waals surface area contributed by atoms with Gasteiger partial charge in [0.2, 0.25) is 0 Å². The summed E-state index contributed by atoms with van der Waals surface area (Å²) in [6.07, 6.45) is 0.529. The second-order valence-corrected chi connectivity index (χ2v) is 9.14. The minimum Gasteiger partial charge on any atom is -0.380 e. The van der Waals surface area contributed by atoms with Crippen LogP contribution in [-0.4, -0.2) is 30.7 Å². The average Bonchev–Trinajstić information content (AvgIpc) is 2.76. The summed E-state index contributed by atoms with van der Waals surface area (Å²) in [4.78, 5) is 0. The fourth-order valence-corrected chi connectivity index (χ4v) is 4.28. The van der Waals surface area contributed by atoms with E-state index in [0.29, 0.717) is 6.42 Å². The zero-order chi connectivity index (χ0) is 21.2.